The van der Waals surface area contributed by atoms with Gasteiger partial charge in [-0.05, 0) is 23.6 Å². The quantitative estimate of drug-likeness (QED) is 0.782. The molecule has 1 unspecified atom stereocenters. The fourth-order valence-corrected chi connectivity index (χ4v) is 3.13. The van der Waals surface area contributed by atoms with Gasteiger partial charge in [0, 0.05) is 18.4 Å². The number of halogens is 2. The molecule has 0 saturated heterocycles. The summed E-state index contributed by atoms with van der Waals surface area (Å²) in [6.45, 7) is 5.24. The number of amides is 1. The van der Waals surface area contributed by atoms with Crippen molar-refractivity contribution in [1.82, 2.24) is 0 Å². The van der Waals surface area contributed by atoms with Crippen molar-refractivity contribution in [3.8, 4) is 0 Å². The summed E-state index contributed by atoms with van der Waals surface area (Å²) in [6, 6.07) is 12.5. The summed E-state index contributed by atoms with van der Waals surface area (Å²) in [7, 11) is 0. The van der Waals surface area contributed by atoms with Crippen molar-refractivity contribution in [3.05, 3.63) is 65.2 Å². The number of hydrogen-bond donors (Lipinski definition) is 2. The molecule has 0 aliphatic heterocycles. The van der Waals surface area contributed by atoms with Crippen LogP contribution in [0.5, 0.6) is 0 Å². The van der Waals surface area contributed by atoms with Crippen molar-refractivity contribution in [3.63, 3.8) is 0 Å². The first-order valence-corrected chi connectivity index (χ1v) is 9.11. The Kier molecular flexibility index (Phi) is 5.67. The molecule has 26 heavy (non-hydrogen) atoms. The van der Waals surface area contributed by atoms with Crippen LogP contribution in [0, 0.1) is 11.6 Å². The van der Waals surface area contributed by atoms with Gasteiger partial charge in [0.15, 0.2) is 6.54 Å². The predicted molar refractivity (Wildman–Crippen MR) is 98.1 cm³/mol. The third kappa shape index (κ3) is 4.67. The highest BCUT2D eigenvalue weighted by atomic mass is 19.1. The van der Waals surface area contributed by atoms with E-state index in [0.29, 0.717) is 12.0 Å². The van der Waals surface area contributed by atoms with E-state index in [0.717, 1.165) is 36.4 Å². The zero-order chi connectivity index (χ0) is 18.7. The van der Waals surface area contributed by atoms with Gasteiger partial charge in [0.25, 0.3) is 5.91 Å². The molecule has 0 heterocycles. The largest absolute Gasteiger partial charge is 0.321 e. The molecule has 2 aromatic rings. The molecular formula is C21H25F2N2O+. The Morgan fingerprint density at radius 1 is 1.12 bits per heavy atom. The lowest BCUT2D eigenvalue weighted by atomic mass is 10.0. The van der Waals surface area contributed by atoms with E-state index < -0.39 is 11.6 Å². The molecule has 1 aliphatic carbocycles. The number of carbonyl (C=O) groups is 1. The molecule has 2 aromatic carbocycles. The number of para-hydroxylation sites is 1. The van der Waals surface area contributed by atoms with Gasteiger partial charge < -0.3 is 10.2 Å². The number of rotatable bonds is 7. The van der Waals surface area contributed by atoms with Gasteiger partial charge in [0.2, 0.25) is 0 Å². The maximum atomic E-state index is 13.7. The predicted octanol–water partition coefficient (Wildman–Crippen LogP) is 3.27. The Morgan fingerprint density at radius 2 is 1.73 bits per heavy atom. The summed E-state index contributed by atoms with van der Waals surface area (Å²) < 4.78 is 27.4. The molecule has 3 rings (SSSR count). The summed E-state index contributed by atoms with van der Waals surface area (Å²) in [5, 5.41) is 2.39. The van der Waals surface area contributed by atoms with Gasteiger partial charge in [-0.25, -0.2) is 8.78 Å². The molecule has 138 valence electrons. The van der Waals surface area contributed by atoms with Crippen LogP contribution in [0.1, 0.15) is 43.7 Å². The summed E-state index contributed by atoms with van der Waals surface area (Å²) >= 11 is 0. The highest BCUT2D eigenvalue weighted by molar-refractivity contribution is 5.91. The van der Waals surface area contributed by atoms with Gasteiger partial charge in [-0.2, -0.15) is 0 Å². The van der Waals surface area contributed by atoms with E-state index in [9.17, 15) is 13.6 Å². The van der Waals surface area contributed by atoms with Crippen LogP contribution in [0.15, 0.2) is 42.5 Å². The van der Waals surface area contributed by atoms with Crippen LogP contribution in [0.2, 0.25) is 0 Å². The number of nitrogens with one attached hydrogen (secondary N) is 2. The number of benzene rings is 2. The van der Waals surface area contributed by atoms with E-state index >= 15 is 0 Å². The average Bonchev–Trinajstić information content (AvgIpc) is 3.43. The molecule has 0 spiro atoms. The van der Waals surface area contributed by atoms with Crippen LogP contribution >= 0.6 is 0 Å². The Balaban J connectivity index is 1.64. The van der Waals surface area contributed by atoms with Gasteiger partial charge in [0.05, 0.1) is 6.04 Å². The summed E-state index contributed by atoms with van der Waals surface area (Å²) in [5.41, 5.74) is 2.09. The van der Waals surface area contributed by atoms with Crippen LogP contribution in [0.4, 0.5) is 14.5 Å². The summed E-state index contributed by atoms with van der Waals surface area (Å²) in [4.78, 5) is 13.5. The van der Waals surface area contributed by atoms with Crippen molar-refractivity contribution >= 4 is 11.6 Å². The molecular weight excluding hydrogens is 334 g/mol. The SMILES string of the molecule is CC(C)c1ccc(C[NH+](CC(=O)Nc2c(F)cccc2F)C2CC2)cc1. The Morgan fingerprint density at radius 3 is 2.27 bits per heavy atom. The van der Waals surface area contributed by atoms with Gasteiger partial charge in [-0.1, -0.05) is 44.2 Å². The monoisotopic (exact) mass is 359 g/mol. The van der Waals surface area contributed by atoms with Crippen molar-refractivity contribution < 1.29 is 18.5 Å². The maximum absolute atomic E-state index is 13.7. The molecule has 1 atom stereocenters. The van der Waals surface area contributed by atoms with Crippen LogP contribution in [0.3, 0.4) is 0 Å². The van der Waals surface area contributed by atoms with Crippen molar-refractivity contribution in [2.24, 2.45) is 0 Å². The minimum Gasteiger partial charge on any atom is -0.321 e. The van der Waals surface area contributed by atoms with Crippen LogP contribution < -0.4 is 10.2 Å². The van der Waals surface area contributed by atoms with Crippen molar-refractivity contribution in [2.75, 3.05) is 11.9 Å². The third-order valence-electron chi connectivity index (χ3n) is 4.85. The Bertz CT molecular complexity index is 750. The molecule has 2 N–H and O–H groups in total. The van der Waals surface area contributed by atoms with E-state index in [1.165, 1.54) is 17.2 Å². The molecule has 0 aromatic heterocycles. The third-order valence-corrected chi connectivity index (χ3v) is 4.85. The second-order valence-electron chi connectivity index (χ2n) is 7.33. The normalized spacial score (nSPS) is 15.1. The van der Waals surface area contributed by atoms with E-state index in [4.69, 9.17) is 0 Å². The average molecular weight is 359 g/mol. The van der Waals surface area contributed by atoms with Gasteiger partial charge in [0.1, 0.15) is 23.9 Å². The smallest absolute Gasteiger partial charge is 0.279 e. The van der Waals surface area contributed by atoms with Gasteiger partial charge >= 0.3 is 0 Å². The second-order valence-corrected chi connectivity index (χ2v) is 7.33. The summed E-state index contributed by atoms with van der Waals surface area (Å²) in [6.07, 6.45) is 2.17. The van der Waals surface area contributed by atoms with Crippen molar-refractivity contribution in [1.29, 1.82) is 0 Å². The lowest BCUT2D eigenvalue weighted by Gasteiger charge is -2.19. The first kappa shape index (κ1) is 18.5. The lowest BCUT2D eigenvalue weighted by Crippen LogP contribution is -3.13. The van der Waals surface area contributed by atoms with E-state index in [1.54, 1.807) is 0 Å². The zero-order valence-electron chi connectivity index (χ0n) is 15.2. The van der Waals surface area contributed by atoms with E-state index in [1.807, 2.05) is 0 Å². The lowest BCUT2D eigenvalue weighted by molar-refractivity contribution is -0.916. The number of quaternary nitrogens is 1. The van der Waals surface area contributed by atoms with Gasteiger partial charge in [-0.3, -0.25) is 4.79 Å². The molecule has 1 aliphatic rings. The van der Waals surface area contributed by atoms with Crippen molar-refractivity contribution in [2.45, 2.75) is 45.2 Å². The molecule has 0 bridgehead atoms. The first-order chi connectivity index (χ1) is 12.4. The molecule has 5 heteroatoms. The highest BCUT2D eigenvalue weighted by Crippen LogP contribution is 2.19. The fraction of sp³-hybridized carbons (Fsp3) is 0.381. The highest BCUT2D eigenvalue weighted by Gasteiger charge is 2.34. The second kappa shape index (κ2) is 7.96. The fourth-order valence-electron chi connectivity index (χ4n) is 3.13. The number of hydrogen-bond acceptors (Lipinski definition) is 1. The first-order valence-electron chi connectivity index (χ1n) is 9.11. The minimum atomic E-state index is -0.754. The van der Waals surface area contributed by atoms with Crippen LogP contribution in [-0.2, 0) is 11.3 Å². The number of anilines is 1. The number of carbonyl (C=O) groups excluding carboxylic acids is 1. The summed E-state index contributed by atoms with van der Waals surface area (Å²) in [5.74, 6) is -1.39. The van der Waals surface area contributed by atoms with Gasteiger partial charge in [-0.15, -0.1) is 0 Å². The Labute approximate surface area is 153 Å². The van der Waals surface area contributed by atoms with Crippen LogP contribution in [0.25, 0.3) is 0 Å². The molecule has 0 radical (unpaired) electrons. The zero-order valence-corrected chi connectivity index (χ0v) is 15.2. The van der Waals surface area contributed by atoms with Crippen LogP contribution in [-0.4, -0.2) is 18.5 Å². The maximum Gasteiger partial charge on any atom is 0.279 e. The molecule has 1 saturated carbocycles. The molecule has 1 amide bonds. The van der Waals surface area contributed by atoms with E-state index in [2.05, 4.69) is 43.4 Å². The standard InChI is InChI=1S/C21H24F2N2O/c1-14(2)16-8-6-15(7-9-16)12-25(17-10-11-17)13-20(26)24-21-18(22)4-3-5-19(21)23/h3-9,14,17H,10-13H2,1-2H3,(H,24,26)/p+1. The molecule has 3 nitrogen and oxygen atoms in total. The topological polar surface area (TPSA) is 33.5 Å². The molecule has 1 fully saturated rings. The van der Waals surface area contributed by atoms with E-state index in [-0.39, 0.29) is 18.1 Å². The minimum absolute atomic E-state index is 0.199. The Hall–Kier alpha value is -2.27.